The topological polar surface area (TPSA) is 94.2 Å². The highest BCUT2D eigenvalue weighted by Crippen LogP contribution is 2.08. The minimum absolute atomic E-state index is 0.198. The van der Waals surface area contributed by atoms with Gasteiger partial charge in [-0.1, -0.05) is 0 Å². The van der Waals surface area contributed by atoms with Gasteiger partial charge in [-0.3, -0.25) is 0 Å². The maximum atomic E-state index is 11.0. The summed E-state index contributed by atoms with van der Waals surface area (Å²) in [6, 6.07) is 0. The third-order valence-corrected chi connectivity index (χ3v) is 1.87. The second-order valence-corrected chi connectivity index (χ2v) is 2.63. The Morgan fingerprint density at radius 2 is 1.46 bits per heavy atom. The van der Waals surface area contributed by atoms with Crippen molar-refractivity contribution < 1.29 is 15.7 Å². The van der Waals surface area contributed by atoms with Crippen molar-refractivity contribution in [2.75, 3.05) is 0 Å². The van der Waals surface area contributed by atoms with Crippen molar-refractivity contribution in [3.8, 4) is 0 Å². The molecule has 0 spiro atoms. The molecule has 1 aromatic rings. The van der Waals surface area contributed by atoms with E-state index in [1.807, 2.05) is 0 Å². The minimum atomic E-state index is -0.758. The first-order valence-corrected chi connectivity index (χ1v) is 4.53. The first-order chi connectivity index (χ1) is 6.20. The van der Waals surface area contributed by atoms with E-state index in [-0.39, 0.29) is 11.4 Å². The van der Waals surface area contributed by atoms with Crippen molar-refractivity contribution in [1.82, 2.24) is 15.4 Å². The predicted molar refractivity (Wildman–Crippen MR) is 55.3 cm³/mol. The van der Waals surface area contributed by atoms with Crippen molar-refractivity contribution >= 4 is 58.0 Å². The molecule has 0 unspecified atom stereocenters. The van der Waals surface area contributed by atoms with Crippen molar-refractivity contribution in [2.24, 2.45) is 0 Å². The lowest BCUT2D eigenvalue weighted by molar-refractivity contribution is 0.0753. The zero-order valence-electron chi connectivity index (χ0n) is 5.78. The van der Waals surface area contributed by atoms with Crippen LogP contribution in [0.2, 0.25) is 0 Å². The summed E-state index contributed by atoms with van der Waals surface area (Å²) in [7, 11) is 0. The molecule has 0 aliphatic heterocycles. The Morgan fingerprint density at radius 3 is 1.77 bits per heavy atom. The lowest BCUT2D eigenvalue weighted by atomic mass is 10.3. The van der Waals surface area contributed by atoms with Crippen LogP contribution in [-0.2, 0) is 6.13 Å². The first-order valence-electron chi connectivity index (χ1n) is 2.77. The Hall–Kier alpha value is -0.460. The Labute approximate surface area is 99.9 Å². The van der Waals surface area contributed by atoms with Gasteiger partial charge in [0.15, 0.2) is 46.0 Å². The standard InChI is InChI=1S/C4HI2N3O4/c5-12-3(10)1-2(4(11)13-6)8-9-7-1/h(H,7,8,9). The van der Waals surface area contributed by atoms with E-state index in [9.17, 15) is 9.59 Å². The molecule has 13 heavy (non-hydrogen) atoms. The summed E-state index contributed by atoms with van der Waals surface area (Å²) >= 11 is 2.76. The maximum absolute atomic E-state index is 11.0. The lowest BCUT2D eigenvalue weighted by Gasteiger charge is -1.93. The van der Waals surface area contributed by atoms with E-state index >= 15 is 0 Å². The van der Waals surface area contributed by atoms with Gasteiger partial charge in [0.25, 0.3) is 0 Å². The maximum Gasteiger partial charge on any atom is 0.370 e. The molecule has 1 N–H and O–H groups in total. The van der Waals surface area contributed by atoms with Crippen LogP contribution in [0.4, 0.5) is 0 Å². The molecule has 7 nitrogen and oxygen atoms in total. The van der Waals surface area contributed by atoms with Gasteiger partial charge in [-0.2, -0.15) is 5.21 Å². The molecule has 1 heterocycles. The Balaban J connectivity index is 3.02. The molecule has 1 rings (SSSR count). The predicted octanol–water partition coefficient (Wildman–Crippen LogP) is 0.818. The highest BCUT2D eigenvalue weighted by molar-refractivity contribution is 14.1. The van der Waals surface area contributed by atoms with Gasteiger partial charge in [0.1, 0.15) is 0 Å². The molecule has 0 saturated carbocycles. The van der Waals surface area contributed by atoms with E-state index in [2.05, 4.69) is 21.5 Å². The fourth-order valence-electron chi connectivity index (χ4n) is 0.589. The van der Waals surface area contributed by atoms with E-state index in [0.717, 1.165) is 0 Å². The van der Waals surface area contributed by atoms with E-state index in [1.54, 1.807) is 0 Å². The van der Waals surface area contributed by atoms with E-state index in [0.29, 0.717) is 0 Å². The highest BCUT2D eigenvalue weighted by atomic mass is 127. The molecule has 0 atom stereocenters. The second kappa shape index (κ2) is 4.69. The van der Waals surface area contributed by atoms with Crippen LogP contribution < -0.4 is 0 Å². The molecule has 1 aromatic heterocycles. The van der Waals surface area contributed by atoms with Gasteiger partial charge in [0.2, 0.25) is 11.4 Å². The molecular formula is C4HI2N3O4. The zero-order chi connectivity index (χ0) is 9.84. The monoisotopic (exact) mass is 409 g/mol. The highest BCUT2D eigenvalue weighted by Gasteiger charge is 2.24. The van der Waals surface area contributed by atoms with Gasteiger partial charge in [-0.25, -0.2) is 9.59 Å². The second-order valence-electron chi connectivity index (χ2n) is 1.75. The SMILES string of the molecule is O=C(OI)c1n[nH]nc1C(=O)OI. The smallest absolute Gasteiger partial charge is 0.370 e. The van der Waals surface area contributed by atoms with Gasteiger partial charge < -0.3 is 6.13 Å². The third kappa shape index (κ3) is 2.26. The van der Waals surface area contributed by atoms with E-state index < -0.39 is 11.9 Å². The number of nitrogens with one attached hydrogen (secondary N) is 1. The average Bonchev–Trinajstić information content (AvgIpc) is 2.63. The molecule has 70 valence electrons. The van der Waals surface area contributed by atoms with E-state index in [4.69, 9.17) is 0 Å². The summed E-state index contributed by atoms with van der Waals surface area (Å²) in [5.41, 5.74) is -0.396. The fraction of sp³-hybridized carbons (Fsp3) is 0. The number of carbonyl (C=O) groups excluding carboxylic acids is 2. The van der Waals surface area contributed by atoms with Crippen molar-refractivity contribution in [1.29, 1.82) is 0 Å². The first kappa shape index (κ1) is 10.6. The molecule has 0 aliphatic carbocycles. The van der Waals surface area contributed by atoms with Crippen LogP contribution in [0, 0.1) is 0 Å². The summed E-state index contributed by atoms with van der Waals surface area (Å²) in [6.45, 7) is 0. The summed E-state index contributed by atoms with van der Waals surface area (Å²) in [6.07, 6.45) is 0. The summed E-state index contributed by atoms with van der Waals surface area (Å²) in [5, 5.41) is 8.99. The van der Waals surface area contributed by atoms with Crippen LogP contribution in [-0.4, -0.2) is 27.3 Å². The Morgan fingerprint density at radius 1 is 1.08 bits per heavy atom. The molecule has 0 aliphatic rings. The largest absolute Gasteiger partial charge is 0.390 e. The molecule has 0 aromatic carbocycles. The molecule has 0 radical (unpaired) electrons. The number of nitrogens with zero attached hydrogens (tertiary/aromatic N) is 2. The van der Waals surface area contributed by atoms with Crippen LogP contribution in [0.3, 0.4) is 0 Å². The molecular weight excluding hydrogens is 408 g/mol. The van der Waals surface area contributed by atoms with Crippen molar-refractivity contribution in [3.63, 3.8) is 0 Å². The van der Waals surface area contributed by atoms with Gasteiger partial charge in [-0.05, 0) is 0 Å². The Kier molecular flexibility index (Phi) is 3.83. The van der Waals surface area contributed by atoms with Gasteiger partial charge >= 0.3 is 11.9 Å². The summed E-state index contributed by atoms with van der Waals surface area (Å²) < 4.78 is 8.66. The number of aromatic nitrogens is 3. The lowest BCUT2D eigenvalue weighted by Crippen LogP contribution is -2.08. The number of hydrogen-bond donors (Lipinski definition) is 1. The quantitative estimate of drug-likeness (QED) is 0.728. The molecule has 0 amide bonds. The van der Waals surface area contributed by atoms with Crippen LogP contribution >= 0.6 is 46.0 Å². The van der Waals surface area contributed by atoms with Gasteiger partial charge in [-0.15, -0.1) is 10.2 Å². The number of carbonyl (C=O) groups is 2. The van der Waals surface area contributed by atoms with Crippen LogP contribution in [0.5, 0.6) is 0 Å². The number of H-pyrrole nitrogens is 1. The fourth-order valence-corrected chi connectivity index (χ4v) is 1.01. The number of rotatable bonds is 2. The molecule has 0 saturated heterocycles. The van der Waals surface area contributed by atoms with Gasteiger partial charge in [0, 0.05) is 0 Å². The zero-order valence-corrected chi connectivity index (χ0v) is 10.1. The number of hydrogen-bond acceptors (Lipinski definition) is 6. The van der Waals surface area contributed by atoms with Crippen LogP contribution in [0.25, 0.3) is 0 Å². The average molecular weight is 409 g/mol. The van der Waals surface area contributed by atoms with Gasteiger partial charge in [0.05, 0.1) is 0 Å². The van der Waals surface area contributed by atoms with Crippen LogP contribution in [0.1, 0.15) is 21.0 Å². The normalized spacial score (nSPS) is 9.38. The van der Waals surface area contributed by atoms with Crippen molar-refractivity contribution in [3.05, 3.63) is 11.4 Å². The minimum Gasteiger partial charge on any atom is -0.390 e. The number of aromatic amines is 1. The summed E-state index contributed by atoms with van der Waals surface area (Å²) in [4.78, 5) is 21.9. The van der Waals surface area contributed by atoms with Crippen molar-refractivity contribution in [2.45, 2.75) is 0 Å². The summed E-state index contributed by atoms with van der Waals surface area (Å²) in [5.74, 6) is -1.52. The van der Waals surface area contributed by atoms with Crippen LogP contribution in [0.15, 0.2) is 0 Å². The molecule has 9 heteroatoms. The molecule has 0 bridgehead atoms. The number of halogens is 2. The van der Waals surface area contributed by atoms with E-state index in [1.165, 1.54) is 46.0 Å². The molecule has 0 fully saturated rings. The third-order valence-electron chi connectivity index (χ3n) is 1.07. The Bertz CT molecular complexity index is 307.